The van der Waals surface area contributed by atoms with Crippen molar-refractivity contribution >= 4 is 28.7 Å². The van der Waals surface area contributed by atoms with Gasteiger partial charge in [-0.05, 0) is 11.5 Å². The molecule has 2 rings (SSSR count). The molecule has 3 amide bonds. The van der Waals surface area contributed by atoms with Crippen LogP contribution in [0.4, 0.5) is 4.79 Å². The molecule has 0 aliphatic carbocycles. The first-order valence-electron chi connectivity index (χ1n) is 7.47. The number of hydrogen-bond donors (Lipinski definition) is 3. The molecule has 8 heteroatoms. The van der Waals surface area contributed by atoms with Gasteiger partial charge in [0.25, 0.3) is 5.91 Å². The number of carbonyl (C=O) groups is 3. The average Bonchev–Trinajstić information content (AvgIpc) is 2.60. The number of imide groups is 1. The second-order valence-electron chi connectivity index (χ2n) is 5.06. The number of phenols is 1. The maximum absolute atomic E-state index is 12.0. The Labute approximate surface area is 143 Å². The van der Waals surface area contributed by atoms with Crippen LogP contribution in [0.5, 0.6) is 5.75 Å². The van der Waals surface area contributed by atoms with Crippen LogP contribution in [-0.2, 0) is 14.3 Å². The molecule has 0 heterocycles. The van der Waals surface area contributed by atoms with E-state index in [1.807, 2.05) is 11.4 Å². The summed E-state index contributed by atoms with van der Waals surface area (Å²) in [7, 11) is 1.48. The van der Waals surface area contributed by atoms with Crippen LogP contribution in [0.1, 0.15) is 10.4 Å². The number of nitrogens with one attached hydrogen (secondary N) is 2. The van der Waals surface area contributed by atoms with Crippen LogP contribution in [0.3, 0.4) is 0 Å². The maximum Gasteiger partial charge on any atom is 0.342 e. The number of urea groups is 1. The molecule has 0 aromatic heterocycles. The van der Waals surface area contributed by atoms with Gasteiger partial charge in [0.05, 0.1) is 6.61 Å². The molecule has 3 N–H and O–H groups in total. The van der Waals surface area contributed by atoms with Crippen LogP contribution in [0.15, 0.2) is 36.4 Å². The molecule has 0 fully saturated rings. The quantitative estimate of drug-likeness (QED) is 0.534. The first-order valence-corrected chi connectivity index (χ1v) is 7.47. The molecule has 0 unspecified atom stereocenters. The smallest absolute Gasteiger partial charge is 0.342 e. The van der Waals surface area contributed by atoms with Gasteiger partial charge in [0, 0.05) is 19.0 Å². The number of aromatic hydroxyl groups is 1. The fourth-order valence-electron chi connectivity index (χ4n) is 2.10. The summed E-state index contributed by atoms with van der Waals surface area (Å²) >= 11 is 0. The minimum Gasteiger partial charge on any atom is -0.506 e. The van der Waals surface area contributed by atoms with Gasteiger partial charge in [-0.2, -0.15) is 0 Å². The third-order valence-corrected chi connectivity index (χ3v) is 3.30. The van der Waals surface area contributed by atoms with E-state index in [2.05, 4.69) is 5.32 Å². The predicted molar refractivity (Wildman–Crippen MR) is 89.3 cm³/mol. The van der Waals surface area contributed by atoms with Gasteiger partial charge in [-0.1, -0.05) is 30.3 Å². The van der Waals surface area contributed by atoms with Crippen molar-refractivity contribution < 1.29 is 29.0 Å². The highest BCUT2D eigenvalue weighted by Crippen LogP contribution is 2.28. The summed E-state index contributed by atoms with van der Waals surface area (Å²) in [6, 6.07) is 9.35. The van der Waals surface area contributed by atoms with Crippen molar-refractivity contribution in [3.63, 3.8) is 0 Å². The summed E-state index contributed by atoms with van der Waals surface area (Å²) < 4.78 is 9.58. The number of esters is 1. The minimum absolute atomic E-state index is 0.0592. The molecule has 2 aromatic carbocycles. The van der Waals surface area contributed by atoms with E-state index in [0.29, 0.717) is 12.0 Å². The molecule has 2 aromatic rings. The van der Waals surface area contributed by atoms with Crippen LogP contribution in [0.2, 0.25) is 0 Å². The molecule has 25 heavy (non-hydrogen) atoms. The molecule has 0 atom stereocenters. The van der Waals surface area contributed by atoms with Crippen molar-refractivity contribution in [3.05, 3.63) is 42.0 Å². The second kappa shape index (κ2) is 8.65. The van der Waals surface area contributed by atoms with E-state index in [4.69, 9.17) is 9.47 Å². The van der Waals surface area contributed by atoms with Crippen LogP contribution in [-0.4, -0.2) is 49.9 Å². The average molecular weight is 346 g/mol. The molecule has 8 nitrogen and oxygen atoms in total. The van der Waals surface area contributed by atoms with Gasteiger partial charge in [-0.3, -0.25) is 10.1 Å². The van der Waals surface area contributed by atoms with Crippen LogP contribution in [0.25, 0.3) is 10.8 Å². The molecule has 0 aliphatic heterocycles. The lowest BCUT2D eigenvalue weighted by Gasteiger charge is -2.09. The number of fused-ring (bicyclic) bond motifs is 1. The maximum atomic E-state index is 12.0. The Morgan fingerprint density at radius 2 is 1.88 bits per heavy atom. The molecule has 0 aliphatic rings. The van der Waals surface area contributed by atoms with E-state index in [-0.39, 0.29) is 17.9 Å². The molecular weight excluding hydrogens is 328 g/mol. The van der Waals surface area contributed by atoms with E-state index >= 15 is 0 Å². The van der Waals surface area contributed by atoms with Crippen LogP contribution < -0.4 is 10.6 Å². The summed E-state index contributed by atoms with van der Waals surface area (Å²) in [5.74, 6) is -1.87. The topological polar surface area (TPSA) is 114 Å². The Balaban J connectivity index is 1.91. The van der Waals surface area contributed by atoms with Gasteiger partial charge in [0.2, 0.25) is 0 Å². The van der Waals surface area contributed by atoms with Crippen LogP contribution >= 0.6 is 0 Å². The largest absolute Gasteiger partial charge is 0.506 e. The number of phenolic OH excluding ortho intramolecular Hbond substituents is 1. The fourth-order valence-corrected chi connectivity index (χ4v) is 2.10. The summed E-state index contributed by atoms with van der Waals surface area (Å²) in [4.78, 5) is 35.0. The Morgan fingerprint density at radius 1 is 1.12 bits per heavy atom. The number of ether oxygens (including phenoxy) is 2. The Bertz CT molecular complexity index is 790. The minimum atomic E-state index is -0.863. The Morgan fingerprint density at radius 3 is 2.64 bits per heavy atom. The Hall–Kier alpha value is -3.13. The van der Waals surface area contributed by atoms with Crippen molar-refractivity contribution in [2.75, 3.05) is 26.9 Å². The van der Waals surface area contributed by atoms with Crippen molar-refractivity contribution in [3.8, 4) is 5.75 Å². The monoisotopic (exact) mass is 346 g/mol. The summed E-state index contributed by atoms with van der Waals surface area (Å²) in [5, 5.41) is 15.8. The summed E-state index contributed by atoms with van der Waals surface area (Å²) in [5.41, 5.74) is -0.0592. The highest BCUT2D eigenvalue weighted by molar-refractivity contribution is 6.02. The normalized spacial score (nSPS) is 10.3. The first kappa shape index (κ1) is 18.2. The van der Waals surface area contributed by atoms with Gasteiger partial charge in [0.1, 0.15) is 11.3 Å². The van der Waals surface area contributed by atoms with Crippen molar-refractivity contribution in [1.82, 2.24) is 10.6 Å². The SMILES string of the molecule is COCCNC(=O)NC(=O)COC(=O)c1ccc2ccccc2c1O. The zero-order valence-electron chi connectivity index (χ0n) is 13.6. The molecular formula is C17H18N2O6. The van der Waals surface area contributed by atoms with E-state index in [9.17, 15) is 19.5 Å². The third kappa shape index (κ3) is 4.92. The molecule has 0 radical (unpaired) electrons. The zero-order valence-corrected chi connectivity index (χ0v) is 13.6. The molecule has 0 saturated heterocycles. The predicted octanol–water partition coefficient (Wildman–Crippen LogP) is 1.17. The highest BCUT2D eigenvalue weighted by Gasteiger charge is 2.17. The van der Waals surface area contributed by atoms with E-state index in [1.165, 1.54) is 13.2 Å². The van der Waals surface area contributed by atoms with Crippen molar-refractivity contribution in [2.24, 2.45) is 0 Å². The second-order valence-corrected chi connectivity index (χ2v) is 5.06. The van der Waals surface area contributed by atoms with Crippen molar-refractivity contribution in [2.45, 2.75) is 0 Å². The van der Waals surface area contributed by atoms with Gasteiger partial charge in [-0.25, -0.2) is 9.59 Å². The first-order chi connectivity index (χ1) is 12.0. The molecule has 0 bridgehead atoms. The number of hydrogen-bond acceptors (Lipinski definition) is 6. The van der Waals surface area contributed by atoms with Gasteiger partial charge in [-0.15, -0.1) is 0 Å². The van der Waals surface area contributed by atoms with Crippen molar-refractivity contribution in [1.29, 1.82) is 0 Å². The number of methoxy groups -OCH3 is 1. The van der Waals surface area contributed by atoms with E-state index in [1.54, 1.807) is 24.3 Å². The lowest BCUT2D eigenvalue weighted by molar-refractivity contribution is -0.123. The molecule has 0 spiro atoms. The van der Waals surface area contributed by atoms with Gasteiger partial charge in [0.15, 0.2) is 6.61 Å². The number of rotatable bonds is 6. The van der Waals surface area contributed by atoms with Gasteiger partial charge < -0.3 is 19.9 Å². The van der Waals surface area contributed by atoms with E-state index < -0.39 is 24.5 Å². The third-order valence-electron chi connectivity index (χ3n) is 3.30. The van der Waals surface area contributed by atoms with E-state index in [0.717, 1.165) is 5.39 Å². The van der Waals surface area contributed by atoms with Crippen LogP contribution in [0, 0.1) is 0 Å². The standard InChI is InChI=1S/C17H18N2O6/c1-24-9-8-18-17(23)19-14(20)10-25-16(22)13-7-6-11-4-2-3-5-12(11)15(13)21/h2-7,21H,8-10H2,1H3,(H2,18,19,20,23). The number of benzene rings is 2. The fraction of sp³-hybridized carbons (Fsp3) is 0.235. The summed E-state index contributed by atoms with van der Waals surface area (Å²) in [6.45, 7) is -0.110. The summed E-state index contributed by atoms with van der Waals surface area (Å²) in [6.07, 6.45) is 0. The molecule has 0 saturated carbocycles. The Kier molecular flexibility index (Phi) is 6.30. The lowest BCUT2D eigenvalue weighted by atomic mass is 10.1. The van der Waals surface area contributed by atoms with Gasteiger partial charge >= 0.3 is 12.0 Å². The highest BCUT2D eigenvalue weighted by atomic mass is 16.5. The molecule has 132 valence electrons. The zero-order chi connectivity index (χ0) is 18.2. The lowest BCUT2D eigenvalue weighted by Crippen LogP contribution is -2.42. The number of amides is 3. The number of carbonyl (C=O) groups excluding carboxylic acids is 3.